The summed E-state index contributed by atoms with van der Waals surface area (Å²) < 4.78 is 0. The molecule has 0 aliphatic heterocycles. The van der Waals surface area contributed by atoms with Crippen molar-refractivity contribution in [1.82, 2.24) is 10.2 Å². The normalized spacial score (nSPS) is 14.1. The average Bonchev–Trinajstić information content (AvgIpc) is 2.25. The molecule has 1 unspecified atom stereocenters. The predicted molar refractivity (Wildman–Crippen MR) is 73.9 cm³/mol. The summed E-state index contributed by atoms with van der Waals surface area (Å²) >= 11 is 0. The van der Waals surface area contributed by atoms with E-state index in [0.29, 0.717) is 6.04 Å². The summed E-state index contributed by atoms with van der Waals surface area (Å²) in [6.07, 6.45) is 3.75. The number of likely N-dealkylation sites (N-methyl/N-ethyl adjacent to an activating group) is 1. The molecular formula is C14H32N2. The maximum Gasteiger partial charge on any atom is 0.0217 e. The quantitative estimate of drug-likeness (QED) is 0.652. The minimum Gasteiger partial charge on any atom is -0.315 e. The highest BCUT2D eigenvalue weighted by Gasteiger charge is 2.18. The second-order valence-electron chi connectivity index (χ2n) is 5.25. The van der Waals surface area contributed by atoms with Crippen LogP contribution >= 0.6 is 0 Å². The van der Waals surface area contributed by atoms with Gasteiger partial charge in [0.25, 0.3) is 0 Å². The number of rotatable bonds is 9. The number of hydrogen-bond acceptors (Lipinski definition) is 2. The second kappa shape index (κ2) is 9.00. The average molecular weight is 228 g/mol. The Labute approximate surface area is 103 Å². The molecule has 0 aliphatic carbocycles. The molecule has 0 rings (SSSR count). The van der Waals surface area contributed by atoms with E-state index in [9.17, 15) is 0 Å². The van der Waals surface area contributed by atoms with Crippen molar-refractivity contribution in [2.24, 2.45) is 5.92 Å². The fourth-order valence-corrected chi connectivity index (χ4v) is 2.28. The van der Waals surface area contributed by atoms with E-state index in [4.69, 9.17) is 0 Å². The largest absolute Gasteiger partial charge is 0.315 e. The molecule has 0 aromatic carbocycles. The van der Waals surface area contributed by atoms with E-state index >= 15 is 0 Å². The summed E-state index contributed by atoms with van der Waals surface area (Å²) in [4.78, 5) is 2.56. The van der Waals surface area contributed by atoms with Crippen LogP contribution < -0.4 is 5.32 Å². The molecule has 0 heterocycles. The molecule has 1 N–H and O–H groups in total. The van der Waals surface area contributed by atoms with Gasteiger partial charge in [-0.15, -0.1) is 0 Å². The lowest BCUT2D eigenvalue weighted by molar-refractivity contribution is 0.155. The lowest BCUT2D eigenvalue weighted by Crippen LogP contribution is -2.45. The summed E-state index contributed by atoms with van der Waals surface area (Å²) in [6.45, 7) is 13.7. The lowest BCUT2D eigenvalue weighted by Gasteiger charge is -2.34. The van der Waals surface area contributed by atoms with Gasteiger partial charge >= 0.3 is 0 Å². The zero-order valence-corrected chi connectivity index (χ0v) is 12.2. The van der Waals surface area contributed by atoms with Crippen molar-refractivity contribution in [1.29, 1.82) is 0 Å². The first kappa shape index (κ1) is 15.9. The Morgan fingerprint density at radius 2 is 1.38 bits per heavy atom. The van der Waals surface area contributed by atoms with Crippen LogP contribution in [0.1, 0.15) is 53.9 Å². The van der Waals surface area contributed by atoms with E-state index in [2.05, 4.69) is 51.9 Å². The molecule has 0 amide bonds. The van der Waals surface area contributed by atoms with Gasteiger partial charge in [-0.1, -0.05) is 34.6 Å². The van der Waals surface area contributed by atoms with Crippen molar-refractivity contribution in [3.63, 3.8) is 0 Å². The van der Waals surface area contributed by atoms with Crippen LogP contribution in [-0.4, -0.2) is 37.1 Å². The third kappa shape index (κ3) is 5.86. The van der Waals surface area contributed by atoms with E-state index in [-0.39, 0.29) is 0 Å². The third-order valence-corrected chi connectivity index (χ3v) is 3.50. The Morgan fingerprint density at radius 1 is 0.875 bits per heavy atom. The zero-order chi connectivity index (χ0) is 12.6. The zero-order valence-electron chi connectivity index (χ0n) is 12.2. The van der Waals surface area contributed by atoms with Crippen molar-refractivity contribution in [3.05, 3.63) is 0 Å². The van der Waals surface area contributed by atoms with Gasteiger partial charge in [0.2, 0.25) is 0 Å². The Hall–Kier alpha value is -0.0800. The summed E-state index contributed by atoms with van der Waals surface area (Å²) in [6, 6.07) is 1.43. The van der Waals surface area contributed by atoms with Crippen LogP contribution in [0.4, 0.5) is 0 Å². The summed E-state index contributed by atoms with van der Waals surface area (Å²) in [5.74, 6) is 0.746. The summed E-state index contributed by atoms with van der Waals surface area (Å²) in [7, 11) is 2.28. The topological polar surface area (TPSA) is 15.3 Å². The fourth-order valence-electron chi connectivity index (χ4n) is 2.28. The molecule has 0 spiro atoms. The van der Waals surface area contributed by atoms with Gasteiger partial charge in [-0.05, 0) is 38.8 Å². The van der Waals surface area contributed by atoms with Crippen molar-refractivity contribution in [2.75, 3.05) is 20.1 Å². The monoisotopic (exact) mass is 228 g/mol. The number of nitrogens with zero attached hydrogens (tertiary/aromatic N) is 1. The van der Waals surface area contributed by atoms with Gasteiger partial charge in [0.1, 0.15) is 0 Å². The standard InChI is InChI=1S/C14H32N2/c1-7-13(8-2)16(6)14(9-3)11-15-10-12(4)5/h12-15H,7-11H2,1-6H3. The molecule has 2 nitrogen and oxygen atoms in total. The van der Waals surface area contributed by atoms with Gasteiger partial charge in [0.15, 0.2) is 0 Å². The smallest absolute Gasteiger partial charge is 0.0217 e. The van der Waals surface area contributed by atoms with Crippen molar-refractivity contribution in [2.45, 2.75) is 66.0 Å². The minimum atomic E-state index is 0.684. The molecule has 0 bridgehead atoms. The summed E-state index contributed by atoms with van der Waals surface area (Å²) in [5.41, 5.74) is 0. The maximum absolute atomic E-state index is 3.58. The minimum absolute atomic E-state index is 0.684. The van der Waals surface area contributed by atoms with E-state index < -0.39 is 0 Å². The van der Waals surface area contributed by atoms with Crippen LogP contribution in [0.3, 0.4) is 0 Å². The van der Waals surface area contributed by atoms with Gasteiger partial charge in [0.05, 0.1) is 0 Å². The highest BCUT2D eigenvalue weighted by molar-refractivity contribution is 4.76. The van der Waals surface area contributed by atoms with Crippen molar-refractivity contribution in [3.8, 4) is 0 Å². The first-order chi connectivity index (χ1) is 7.56. The molecule has 0 aliphatic rings. The van der Waals surface area contributed by atoms with Crippen LogP contribution in [0.25, 0.3) is 0 Å². The summed E-state index contributed by atoms with van der Waals surface area (Å²) in [5, 5.41) is 3.58. The Kier molecular flexibility index (Phi) is 8.96. The van der Waals surface area contributed by atoms with E-state index in [1.165, 1.54) is 19.3 Å². The van der Waals surface area contributed by atoms with Crippen LogP contribution in [0.5, 0.6) is 0 Å². The SMILES string of the molecule is CCC(CC)N(C)C(CC)CNCC(C)C. The molecule has 1 atom stereocenters. The Morgan fingerprint density at radius 3 is 1.75 bits per heavy atom. The predicted octanol–water partition coefficient (Wildman–Crippen LogP) is 3.13. The molecule has 0 aromatic rings. The molecule has 0 saturated carbocycles. The molecule has 2 heteroatoms. The first-order valence-electron chi connectivity index (χ1n) is 6.99. The van der Waals surface area contributed by atoms with Crippen LogP contribution in [0.15, 0.2) is 0 Å². The molecule has 16 heavy (non-hydrogen) atoms. The number of nitrogens with one attached hydrogen (secondary N) is 1. The molecule has 0 saturated heterocycles. The van der Waals surface area contributed by atoms with Crippen molar-refractivity contribution >= 4 is 0 Å². The highest BCUT2D eigenvalue weighted by atomic mass is 15.2. The molecule has 98 valence electrons. The first-order valence-corrected chi connectivity index (χ1v) is 6.99. The van der Waals surface area contributed by atoms with E-state index in [1.54, 1.807) is 0 Å². The van der Waals surface area contributed by atoms with Gasteiger partial charge in [0, 0.05) is 18.6 Å². The molecular weight excluding hydrogens is 196 g/mol. The van der Waals surface area contributed by atoms with Gasteiger partial charge in [-0.25, -0.2) is 0 Å². The fraction of sp³-hybridized carbons (Fsp3) is 1.00. The molecule has 0 radical (unpaired) electrons. The lowest BCUT2D eigenvalue weighted by atomic mass is 10.1. The number of hydrogen-bond donors (Lipinski definition) is 1. The molecule has 0 aromatic heterocycles. The van der Waals surface area contributed by atoms with Crippen LogP contribution in [0, 0.1) is 5.92 Å². The van der Waals surface area contributed by atoms with Gasteiger partial charge in [-0.3, -0.25) is 4.90 Å². The Balaban J connectivity index is 4.04. The van der Waals surface area contributed by atoms with Gasteiger partial charge < -0.3 is 5.32 Å². The molecule has 0 fully saturated rings. The third-order valence-electron chi connectivity index (χ3n) is 3.50. The Bertz CT molecular complexity index is 153. The van der Waals surface area contributed by atoms with Gasteiger partial charge in [-0.2, -0.15) is 0 Å². The van der Waals surface area contributed by atoms with E-state index in [0.717, 1.165) is 25.0 Å². The van der Waals surface area contributed by atoms with Crippen LogP contribution in [0.2, 0.25) is 0 Å². The van der Waals surface area contributed by atoms with E-state index in [1.807, 2.05) is 0 Å². The van der Waals surface area contributed by atoms with Crippen molar-refractivity contribution < 1.29 is 0 Å². The second-order valence-corrected chi connectivity index (χ2v) is 5.25. The maximum atomic E-state index is 3.58. The van der Waals surface area contributed by atoms with Crippen LogP contribution in [-0.2, 0) is 0 Å². The highest BCUT2D eigenvalue weighted by Crippen LogP contribution is 2.12.